The zero-order chi connectivity index (χ0) is 13.0. The minimum Gasteiger partial charge on any atom is -0.487 e. The largest absolute Gasteiger partial charge is 0.487 e. The summed E-state index contributed by atoms with van der Waals surface area (Å²) in [5, 5.41) is 0. The molecule has 1 saturated carbocycles. The van der Waals surface area contributed by atoms with Crippen LogP contribution in [0.25, 0.3) is 0 Å². The predicted octanol–water partition coefficient (Wildman–Crippen LogP) is 2.76. The van der Waals surface area contributed by atoms with E-state index >= 15 is 0 Å². The quantitative estimate of drug-likeness (QED) is 0.776. The molecule has 0 N–H and O–H groups in total. The molecule has 0 amide bonds. The lowest BCUT2D eigenvalue weighted by Crippen LogP contribution is -2.52. The molecule has 0 saturated heterocycles. The Morgan fingerprint density at radius 3 is 2.83 bits per heavy atom. The first kappa shape index (κ1) is 13.1. The molecule has 0 aromatic heterocycles. The van der Waals surface area contributed by atoms with Gasteiger partial charge in [-0.2, -0.15) is 0 Å². The second-order valence-corrected chi connectivity index (χ2v) is 4.62. The Bertz CT molecular complexity index is 414. The van der Waals surface area contributed by atoms with Crippen molar-refractivity contribution in [3.8, 4) is 5.75 Å². The van der Waals surface area contributed by atoms with Crippen molar-refractivity contribution in [2.45, 2.75) is 45.3 Å². The highest BCUT2D eigenvalue weighted by atomic mass is 16.5. The average molecular weight is 248 g/mol. The summed E-state index contributed by atoms with van der Waals surface area (Å²) in [6.45, 7) is 4.76. The molecule has 0 radical (unpaired) electrons. The Kier molecular flexibility index (Phi) is 4.37. The molecular weight excluding hydrogens is 228 g/mol. The molecule has 1 aromatic rings. The lowest BCUT2D eigenvalue weighted by molar-refractivity contribution is -0.154. The summed E-state index contributed by atoms with van der Waals surface area (Å²) in [7, 11) is 0. The minimum atomic E-state index is -0.366. The van der Waals surface area contributed by atoms with E-state index in [0.717, 1.165) is 18.6 Å². The second-order valence-electron chi connectivity index (χ2n) is 4.62. The summed E-state index contributed by atoms with van der Waals surface area (Å²) < 4.78 is 11.3. The molecule has 98 valence electrons. The third-order valence-electron chi connectivity index (χ3n) is 3.15. The van der Waals surface area contributed by atoms with Gasteiger partial charge in [0, 0.05) is 13.0 Å². The van der Waals surface area contributed by atoms with Crippen molar-refractivity contribution in [1.29, 1.82) is 0 Å². The van der Waals surface area contributed by atoms with Gasteiger partial charge >= 0.3 is 0 Å². The summed E-state index contributed by atoms with van der Waals surface area (Å²) in [6, 6.07) is 8.01. The molecule has 18 heavy (non-hydrogen) atoms. The third-order valence-corrected chi connectivity index (χ3v) is 3.15. The monoisotopic (exact) mass is 248 g/mol. The first-order valence-electron chi connectivity index (χ1n) is 6.64. The highest BCUT2D eigenvalue weighted by molar-refractivity contribution is 5.90. The standard InChI is InChI=1S/C15H20O3/c1-3-8-17-15-13(16)10-14(15)18-12-7-5-6-11(4-2)9-12/h5-7,9,14-15H,3-4,8,10H2,1-2H3. The summed E-state index contributed by atoms with van der Waals surface area (Å²) in [5.74, 6) is 0.983. The molecule has 3 heteroatoms. The van der Waals surface area contributed by atoms with Crippen molar-refractivity contribution in [2.24, 2.45) is 0 Å². The lowest BCUT2D eigenvalue weighted by atomic mass is 9.90. The van der Waals surface area contributed by atoms with E-state index in [2.05, 4.69) is 13.0 Å². The van der Waals surface area contributed by atoms with Crippen LogP contribution >= 0.6 is 0 Å². The SMILES string of the molecule is CCCOC1C(=O)CC1Oc1cccc(CC)c1. The van der Waals surface area contributed by atoms with Crippen molar-refractivity contribution in [3.63, 3.8) is 0 Å². The molecular formula is C15H20O3. The number of rotatable bonds is 6. The molecule has 1 aromatic carbocycles. The molecule has 2 atom stereocenters. The van der Waals surface area contributed by atoms with Gasteiger partial charge in [0.25, 0.3) is 0 Å². The predicted molar refractivity (Wildman–Crippen MR) is 69.9 cm³/mol. The maximum Gasteiger partial charge on any atom is 0.169 e. The van der Waals surface area contributed by atoms with Crippen molar-refractivity contribution in [2.75, 3.05) is 6.61 Å². The van der Waals surface area contributed by atoms with Crippen molar-refractivity contribution >= 4 is 5.78 Å². The van der Waals surface area contributed by atoms with E-state index in [4.69, 9.17) is 9.47 Å². The van der Waals surface area contributed by atoms with Crippen LogP contribution in [0, 0.1) is 0 Å². The van der Waals surface area contributed by atoms with E-state index in [1.807, 2.05) is 25.1 Å². The second kappa shape index (κ2) is 6.01. The topological polar surface area (TPSA) is 35.5 Å². The van der Waals surface area contributed by atoms with Gasteiger partial charge in [-0.15, -0.1) is 0 Å². The van der Waals surface area contributed by atoms with Crippen LogP contribution in [0.4, 0.5) is 0 Å². The minimum absolute atomic E-state index is 0.115. The van der Waals surface area contributed by atoms with Gasteiger partial charge < -0.3 is 9.47 Å². The zero-order valence-electron chi connectivity index (χ0n) is 11.0. The highest BCUT2D eigenvalue weighted by Gasteiger charge is 2.42. The molecule has 0 spiro atoms. The first-order valence-corrected chi connectivity index (χ1v) is 6.64. The first-order chi connectivity index (χ1) is 8.74. The van der Waals surface area contributed by atoms with Crippen LogP contribution in [0.3, 0.4) is 0 Å². The Hall–Kier alpha value is -1.35. The van der Waals surface area contributed by atoms with E-state index < -0.39 is 0 Å². The fraction of sp³-hybridized carbons (Fsp3) is 0.533. The number of carbonyl (C=O) groups excluding carboxylic acids is 1. The number of carbonyl (C=O) groups is 1. The summed E-state index contributed by atoms with van der Waals surface area (Å²) in [5.41, 5.74) is 1.24. The van der Waals surface area contributed by atoms with Crippen LogP contribution in [0.2, 0.25) is 0 Å². The molecule has 1 fully saturated rings. The fourth-order valence-electron chi connectivity index (χ4n) is 2.03. The number of aryl methyl sites for hydroxylation is 1. The van der Waals surface area contributed by atoms with E-state index in [1.165, 1.54) is 5.56 Å². The number of ether oxygens (including phenoxy) is 2. The fourth-order valence-corrected chi connectivity index (χ4v) is 2.03. The van der Waals surface area contributed by atoms with E-state index in [-0.39, 0.29) is 18.0 Å². The maximum absolute atomic E-state index is 11.5. The molecule has 2 rings (SSSR count). The molecule has 1 aliphatic rings. The van der Waals surface area contributed by atoms with Crippen molar-refractivity contribution in [1.82, 2.24) is 0 Å². The van der Waals surface area contributed by atoms with Gasteiger partial charge in [0.1, 0.15) is 11.9 Å². The molecule has 0 bridgehead atoms. The summed E-state index contributed by atoms with van der Waals surface area (Å²) in [4.78, 5) is 11.5. The number of Topliss-reactive ketones (excluding diaryl/α,β-unsaturated/α-hetero) is 1. The zero-order valence-corrected chi connectivity index (χ0v) is 11.0. The summed E-state index contributed by atoms with van der Waals surface area (Å²) >= 11 is 0. The Morgan fingerprint density at radius 1 is 1.33 bits per heavy atom. The van der Waals surface area contributed by atoms with Gasteiger partial charge in [-0.3, -0.25) is 4.79 Å². The van der Waals surface area contributed by atoms with Crippen molar-refractivity contribution < 1.29 is 14.3 Å². The van der Waals surface area contributed by atoms with Gasteiger partial charge in [0.05, 0.1) is 0 Å². The lowest BCUT2D eigenvalue weighted by Gasteiger charge is -2.34. The Balaban J connectivity index is 1.94. The van der Waals surface area contributed by atoms with Gasteiger partial charge in [-0.05, 0) is 30.5 Å². The highest BCUT2D eigenvalue weighted by Crippen LogP contribution is 2.26. The Labute approximate surface area is 108 Å². The molecule has 1 aliphatic carbocycles. The van der Waals surface area contributed by atoms with Crippen LogP contribution in [0.5, 0.6) is 5.75 Å². The Morgan fingerprint density at radius 2 is 2.17 bits per heavy atom. The number of ketones is 1. The van der Waals surface area contributed by atoms with E-state index in [1.54, 1.807) is 0 Å². The average Bonchev–Trinajstić information content (AvgIpc) is 2.39. The molecule has 0 aliphatic heterocycles. The van der Waals surface area contributed by atoms with E-state index in [9.17, 15) is 4.79 Å². The van der Waals surface area contributed by atoms with Gasteiger partial charge in [0.15, 0.2) is 11.9 Å². The van der Waals surface area contributed by atoms with Crippen LogP contribution in [0.15, 0.2) is 24.3 Å². The van der Waals surface area contributed by atoms with E-state index in [0.29, 0.717) is 13.0 Å². The van der Waals surface area contributed by atoms with Crippen molar-refractivity contribution in [3.05, 3.63) is 29.8 Å². The third kappa shape index (κ3) is 2.91. The molecule has 3 nitrogen and oxygen atoms in total. The maximum atomic E-state index is 11.5. The number of hydrogen-bond acceptors (Lipinski definition) is 3. The molecule has 2 unspecified atom stereocenters. The normalized spacial score (nSPS) is 22.7. The van der Waals surface area contributed by atoms with Crippen LogP contribution in [-0.4, -0.2) is 24.6 Å². The van der Waals surface area contributed by atoms with Crippen LogP contribution < -0.4 is 4.74 Å². The van der Waals surface area contributed by atoms with Gasteiger partial charge in [-0.1, -0.05) is 26.0 Å². The molecule has 0 heterocycles. The number of hydrogen-bond donors (Lipinski definition) is 0. The van der Waals surface area contributed by atoms with Gasteiger partial charge in [0.2, 0.25) is 0 Å². The number of benzene rings is 1. The van der Waals surface area contributed by atoms with Crippen LogP contribution in [0.1, 0.15) is 32.3 Å². The summed E-state index contributed by atoms with van der Waals surface area (Å²) in [6.07, 6.45) is 1.88. The van der Waals surface area contributed by atoms with Crippen LogP contribution in [-0.2, 0) is 16.0 Å². The van der Waals surface area contributed by atoms with Gasteiger partial charge in [-0.25, -0.2) is 0 Å². The smallest absolute Gasteiger partial charge is 0.169 e.